The highest BCUT2D eigenvalue weighted by Crippen LogP contribution is 2.34. The number of carbonyl (C=O) groups is 2. The SMILES string of the molecule is CC1(CNC(=O)NC(C)(C)CCC(=O)O)CCCCC1. The molecule has 1 fully saturated rings. The van der Waals surface area contributed by atoms with Crippen LogP contribution in [0.2, 0.25) is 0 Å². The van der Waals surface area contributed by atoms with Gasteiger partial charge in [-0.15, -0.1) is 0 Å². The Kier molecular flexibility index (Phi) is 5.84. The highest BCUT2D eigenvalue weighted by molar-refractivity contribution is 5.75. The Bertz CT molecular complexity index is 347. The second-order valence-corrected chi connectivity index (χ2v) is 6.96. The first-order valence-electron chi connectivity index (χ1n) is 7.50. The Morgan fingerprint density at radius 1 is 1.20 bits per heavy atom. The predicted molar refractivity (Wildman–Crippen MR) is 78.7 cm³/mol. The quantitative estimate of drug-likeness (QED) is 0.701. The van der Waals surface area contributed by atoms with Gasteiger partial charge in [-0.1, -0.05) is 26.2 Å². The van der Waals surface area contributed by atoms with E-state index in [0.717, 1.165) is 12.8 Å². The first-order valence-corrected chi connectivity index (χ1v) is 7.50. The van der Waals surface area contributed by atoms with Crippen LogP contribution in [0.15, 0.2) is 0 Å². The number of nitrogens with one attached hydrogen (secondary N) is 2. The number of carboxylic acids is 1. The van der Waals surface area contributed by atoms with Crippen molar-refractivity contribution in [1.29, 1.82) is 0 Å². The average Bonchev–Trinajstić information content (AvgIpc) is 2.35. The van der Waals surface area contributed by atoms with E-state index in [1.54, 1.807) is 0 Å². The molecule has 0 aromatic heterocycles. The maximum Gasteiger partial charge on any atom is 0.315 e. The van der Waals surface area contributed by atoms with Gasteiger partial charge in [0.2, 0.25) is 0 Å². The smallest absolute Gasteiger partial charge is 0.315 e. The van der Waals surface area contributed by atoms with Crippen molar-refractivity contribution in [2.75, 3.05) is 6.54 Å². The molecule has 0 heterocycles. The molecular weight excluding hydrogens is 256 g/mol. The molecule has 0 unspecified atom stereocenters. The molecule has 0 aromatic carbocycles. The lowest BCUT2D eigenvalue weighted by atomic mass is 9.76. The highest BCUT2D eigenvalue weighted by atomic mass is 16.4. The topological polar surface area (TPSA) is 78.4 Å². The van der Waals surface area contributed by atoms with E-state index in [9.17, 15) is 9.59 Å². The van der Waals surface area contributed by atoms with Crippen LogP contribution in [-0.4, -0.2) is 29.2 Å². The third-order valence-corrected chi connectivity index (χ3v) is 4.15. The van der Waals surface area contributed by atoms with Crippen molar-refractivity contribution < 1.29 is 14.7 Å². The van der Waals surface area contributed by atoms with Crippen LogP contribution in [0.1, 0.15) is 65.7 Å². The zero-order valence-corrected chi connectivity index (χ0v) is 12.9. The van der Waals surface area contributed by atoms with Gasteiger partial charge in [0.15, 0.2) is 0 Å². The molecule has 0 atom stereocenters. The first kappa shape index (κ1) is 16.8. The monoisotopic (exact) mass is 284 g/mol. The summed E-state index contributed by atoms with van der Waals surface area (Å²) in [6.07, 6.45) is 6.58. The minimum absolute atomic E-state index is 0.0605. The lowest BCUT2D eigenvalue weighted by Gasteiger charge is -2.34. The molecule has 5 heteroatoms. The highest BCUT2D eigenvalue weighted by Gasteiger charge is 2.28. The van der Waals surface area contributed by atoms with Crippen LogP contribution in [0.3, 0.4) is 0 Å². The van der Waals surface area contributed by atoms with Crippen LogP contribution in [0.5, 0.6) is 0 Å². The fraction of sp³-hybridized carbons (Fsp3) is 0.867. The molecule has 5 nitrogen and oxygen atoms in total. The predicted octanol–water partition coefficient (Wildman–Crippen LogP) is 2.90. The Morgan fingerprint density at radius 3 is 2.35 bits per heavy atom. The molecule has 0 aromatic rings. The summed E-state index contributed by atoms with van der Waals surface area (Å²) >= 11 is 0. The molecule has 1 aliphatic carbocycles. The summed E-state index contributed by atoms with van der Waals surface area (Å²) in [6, 6.07) is -0.202. The van der Waals surface area contributed by atoms with E-state index in [4.69, 9.17) is 5.11 Å². The Hall–Kier alpha value is -1.26. The van der Waals surface area contributed by atoms with Crippen LogP contribution in [0.4, 0.5) is 4.79 Å². The number of carboxylic acid groups (broad SMARTS) is 1. The molecule has 0 bridgehead atoms. The summed E-state index contributed by atoms with van der Waals surface area (Å²) in [7, 11) is 0. The third kappa shape index (κ3) is 6.26. The van der Waals surface area contributed by atoms with E-state index in [1.807, 2.05) is 13.8 Å². The summed E-state index contributed by atoms with van der Waals surface area (Å²) in [4.78, 5) is 22.5. The minimum atomic E-state index is -0.838. The van der Waals surface area contributed by atoms with Crippen molar-refractivity contribution in [2.24, 2.45) is 5.41 Å². The van der Waals surface area contributed by atoms with Gasteiger partial charge in [0.1, 0.15) is 0 Å². The van der Waals surface area contributed by atoms with Gasteiger partial charge in [-0.05, 0) is 38.5 Å². The van der Waals surface area contributed by atoms with Crippen molar-refractivity contribution in [3.63, 3.8) is 0 Å². The van der Waals surface area contributed by atoms with Gasteiger partial charge >= 0.3 is 12.0 Å². The van der Waals surface area contributed by atoms with Gasteiger partial charge in [0.05, 0.1) is 0 Å². The fourth-order valence-corrected chi connectivity index (χ4v) is 2.71. The molecular formula is C15H28N2O3. The van der Waals surface area contributed by atoms with Crippen LogP contribution in [-0.2, 0) is 4.79 Å². The first-order chi connectivity index (χ1) is 9.22. The number of hydrogen-bond acceptors (Lipinski definition) is 2. The zero-order valence-electron chi connectivity index (χ0n) is 12.9. The molecule has 0 aliphatic heterocycles. The maximum absolute atomic E-state index is 11.9. The summed E-state index contributed by atoms with van der Waals surface area (Å²) in [5.41, 5.74) is -0.295. The Morgan fingerprint density at radius 2 is 1.80 bits per heavy atom. The maximum atomic E-state index is 11.9. The molecule has 2 amide bonds. The van der Waals surface area contributed by atoms with E-state index in [1.165, 1.54) is 19.3 Å². The minimum Gasteiger partial charge on any atom is -0.481 e. The molecule has 20 heavy (non-hydrogen) atoms. The lowest BCUT2D eigenvalue weighted by molar-refractivity contribution is -0.137. The molecule has 1 rings (SSSR count). The summed E-state index contributed by atoms with van der Waals surface area (Å²) < 4.78 is 0. The zero-order chi connectivity index (χ0) is 15.2. The van der Waals surface area contributed by atoms with Crippen molar-refractivity contribution in [3.8, 4) is 0 Å². The van der Waals surface area contributed by atoms with Crippen LogP contribution in [0, 0.1) is 5.41 Å². The third-order valence-electron chi connectivity index (χ3n) is 4.15. The Balaban J connectivity index is 2.33. The summed E-state index contributed by atoms with van der Waals surface area (Å²) in [5, 5.41) is 14.5. The number of carbonyl (C=O) groups excluding carboxylic acids is 1. The van der Waals surface area contributed by atoms with Crippen molar-refractivity contribution in [1.82, 2.24) is 10.6 Å². The molecule has 1 aliphatic rings. The number of hydrogen-bond donors (Lipinski definition) is 3. The summed E-state index contributed by atoms with van der Waals surface area (Å²) in [5.74, 6) is -0.838. The van der Waals surface area contributed by atoms with Crippen LogP contribution >= 0.6 is 0 Å². The second-order valence-electron chi connectivity index (χ2n) is 6.96. The van der Waals surface area contributed by atoms with Gasteiger partial charge in [-0.2, -0.15) is 0 Å². The van der Waals surface area contributed by atoms with Crippen molar-refractivity contribution in [2.45, 2.75) is 71.3 Å². The van der Waals surface area contributed by atoms with E-state index in [2.05, 4.69) is 17.6 Å². The average molecular weight is 284 g/mol. The van der Waals surface area contributed by atoms with E-state index in [0.29, 0.717) is 13.0 Å². The van der Waals surface area contributed by atoms with Crippen molar-refractivity contribution in [3.05, 3.63) is 0 Å². The normalized spacial score (nSPS) is 18.4. The van der Waals surface area contributed by atoms with Crippen molar-refractivity contribution >= 4 is 12.0 Å². The lowest BCUT2D eigenvalue weighted by Crippen LogP contribution is -2.50. The number of aliphatic carboxylic acids is 1. The number of rotatable bonds is 6. The molecule has 0 spiro atoms. The van der Waals surface area contributed by atoms with Gasteiger partial charge in [0, 0.05) is 18.5 Å². The second kappa shape index (κ2) is 6.95. The standard InChI is InChI=1S/C15H28N2O3/c1-14(2,10-7-12(18)19)17-13(20)16-11-15(3)8-5-4-6-9-15/h4-11H2,1-3H3,(H,18,19)(H2,16,17,20). The fourth-order valence-electron chi connectivity index (χ4n) is 2.71. The molecule has 1 saturated carbocycles. The van der Waals surface area contributed by atoms with Gasteiger partial charge < -0.3 is 15.7 Å². The van der Waals surface area contributed by atoms with E-state index >= 15 is 0 Å². The Labute approximate surface area is 121 Å². The van der Waals surface area contributed by atoms with Crippen LogP contribution < -0.4 is 10.6 Å². The molecule has 3 N–H and O–H groups in total. The van der Waals surface area contributed by atoms with Gasteiger partial charge in [-0.25, -0.2) is 4.79 Å². The van der Waals surface area contributed by atoms with E-state index in [-0.39, 0.29) is 17.9 Å². The largest absolute Gasteiger partial charge is 0.481 e. The number of amides is 2. The molecule has 0 radical (unpaired) electrons. The molecule has 116 valence electrons. The number of urea groups is 1. The van der Waals surface area contributed by atoms with Gasteiger partial charge in [0.25, 0.3) is 0 Å². The van der Waals surface area contributed by atoms with Crippen LogP contribution in [0.25, 0.3) is 0 Å². The van der Waals surface area contributed by atoms with E-state index < -0.39 is 11.5 Å². The molecule has 0 saturated heterocycles. The summed E-state index contributed by atoms with van der Waals surface area (Å²) in [6.45, 7) is 6.60. The van der Waals surface area contributed by atoms with Gasteiger partial charge in [-0.3, -0.25) is 4.79 Å².